The lowest BCUT2D eigenvalue weighted by Crippen LogP contribution is -2.20. The summed E-state index contributed by atoms with van der Waals surface area (Å²) in [5.41, 5.74) is 2.34. The molecule has 0 amide bonds. The third kappa shape index (κ3) is 2.82. The Kier molecular flexibility index (Phi) is 3.84. The fraction of sp³-hybridized carbons (Fsp3) is 0.200. The summed E-state index contributed by atoms with van der Waals surface area (Å²) < 4.78 is 6.81. The highest BCUT2D eigenvalue weighted by Crippen LogP contribution is 2.35. The number of halogens is 2. The van der Waals surface area contributed by atoms with Crippen LogP contribution in [0.3, 0.4) is 0 Å². The summed E-state index contributed by atoms with van der Waals surface area (Å²) in [4.78, 5) is 0. The molecule has 0 aromatic heterocycles. The van der Waals surface area contributed by atoms with E-state index in [-0.39, 0.29) is 0 Å². The third-order valence-electron chi connectivity index (χ3n) is 3.22. The summed E-state index contributed by atoms with van der Waals surface area (Å²) in [5, 5.41) is 4.35. The van der Waals surface area contributed by atoms with Crippen LogP contribution in [0.25, 0.3) is 0 Å². The number of benzene rings is 2. The van der Waals surface area contributed by atoms with Crippen LogP contribution in [0.1, 0.15) is 18.0 Å². The van der Waals surface area contributed by atoms with Gasteiger partial charge in [0.15, 0.2) is 0 Å². The lowest BCUT2D eigenvalue weighted by molar-refractivity contribution is 0.274. The van der Waals surface area contributed by atoms with Crippen LogP contribution in [0.2, 0.25) is 5.02 Å². The van der Waals surface area contributed by atoms with Gasteiger partial charge in [0.25, 0.3) is 0 Å². The SMILES string of the molecule is Clc1ccc(NC2CCOc3ccccc32)c(I)c1. The smallest absolute Gasteiger partial charge is 0.124 e. The molecule has 4 heteroatoms. The van der Waals surface area contributed by atoms with E-state index in [1.807, 2.05) is 30.3 Å². The number of anilines is 1. The van der Waals surface area contributed by atoms with Gasteiger partial charge in [0, 0.05) is 26.3 Å². The first-order chi connectivity index (χ1) is 9.24. The van der Waals surface area contributed by atoms with Crippen molar-refractivity contribution in [2.45, 2.75) is 12.5 Å². The van der Waals surface area contributed by atoms with E-state index in [0.717, 1.165) is 33.1 Å². The molecule has 1 atom stereocenters. The second-order valence-electron chi connectivity index (χ2n) is 4.50. The van der Waals surface area contributed by atoms with Gasteiger partial charge in [-0.3, -0.25) is 0 Å². The van der Waals surface area contributed by atoms with Crippen LogP contribution in [0, 0.1) is 3.57 Å². The van der Waals surface area contributed by atoms with Crippen molar-refractivity contribution >= 4 is 39.9 Å². The van der Waals surface area contributed by atoms with Gasteiger partial charge in [0.1, 0.15) is 5.75 Å². The highest BCUT2D eigenvalue weighted by atomic mass is 127. The molecular formula is C15H13ClINO. The zero-order valence-electron chi connectivity index (χ0n) is 10.2. The van der Waals surface area contributed by atoms with Crippen LogP contribution in [-0.4, -0.2) is 6.61 Å². The molecule has 1 heterocycles. The normalized spacial score (nSPS) is 17.5. The summed E-state index contributed by atoms with van der Waals surface area (Å²) in [7, 11) is 0. The number of rotatable bonds is 2. The molecule has 1 aliphatic heterocycles. The minimum atomic E-state index is 0.291. The lowest BCUT2D eigenvalue weighted by Gasteiger charge is -2.27. The van der Waals surface area contributed by atoms with Crippen molar-refractivity contribution in [3.8, 4) is 5.75 Å². The van der Waals surface area contributed by atoms with Crippen molar-refractivity contribution in [1.29, 1.82) is 0 Å². The number of nitrogens with one attached hydrogen (secondary N) is 1. The molecule has 0 spiro atoms. The number of para-hydroxylation sites is 1. The first kappa shape index (κ1) is 13.1. The van der Waals surface area contributed by atoms with Crippen molar-refractivity contribution < 1.29 is 4.74 Å². The molecule has 0 bridgehead atoms. The molecule has 0 radical (unpaired) electrons. The zero-order valence-corrected chi connectivity index (χ0v) is 13.1. The van der Waals surface area contributed by atoms with Gasteiger partial charge >= 0.3 is 0 Å². The maximum Gasteiger partial charge on any atom is 0.124 e. The molecule has 0 saturated heterocycles. The molecule has 0 fully saturated rings. The third-order valence-corrected chi connectivity index (χ3v) is 4.35. The molecule has 2 aromatic carbocycles. The van der Waals surface area contributed by atoms with Crippen LogP contribution < -0.4 is 10.1 Å². The van der Waals surface area contributed by atoms with E-state index in [9.17, 15) is 0 Å². The Balaban J connectivity index is 1.88. The number of hydrogen-bond donors (Lipinski definition) is 1. The van der Waals surface area contributed by atoms with Crippen molar-refractivity contribution in [2.75, 3.05) is 11.9 Å². The Morgan fingerprint density at radius 2 is 2.05 bits per heavy atom. The molecule has 1 aliphatic rings. The van der Waals surface area contributed by atoms with Crippen molar-refractivity contribution in [1.82, 2.24) is 0 Å². The minimum absolute atomic E-state index is 0.291. The molecule has 1 unspecified atom stereocenters. The van der Waals surface area contributed by atoms with Gasteiger partial charge in [-0.2, -0.15) is 0 Å². The van der Waals surface area contributed by atoms with Crippen LogP contribution in [0.5, 0.6) is 5.75 Å². The summed E-state index contributed by atoms with van der Waals surface area (Å²) in [6.07, 6.45) is 0.968. The fourth-order valence-electron chi connectivity index (χ4n) is 2.29. The largest absolute Gasteiger partial charge is 0.493 e. The van der Waals surface area contributed by atoms with Gasteiger partial charge in [-0.1, -0.05) is 29.8 Å². The first-order valence-corrected chi connectivity index (χ1v) is 7.63. The quantitative estimate of drug-likeness (QED) is 0.744. The molecule has 98 valence electrons. The van der Waals surface area contributed by atoms with Crippen LogP contribution in [0.15, 0.2) is 42.5 Å². The Bertz CT molecular complexity index is 602. The van der Waals surface area contributed by atoms with Gasteiger partial charge in [-0.05, 0) is 46.9 Å². The topological polar surface area (TPSA) is 21.3 Å². The number of fused-ring (bicyclic) bond motifs is 1. The van der Waals surface area contributed by atoms with Crippen LogP contribution in [-0.2, 0) is 0 Å². The average molecular weight is 386 g/mol. The molecule has 3 rings (SSSR count). The molecule has 0 aliphatic carbocycles. The fourth-order valence-corrected chi connectivity index (χ4v) is 3.31. The highest BCUT2D eigenvalue weighted by Gasteiger charge is 2.21. The van der Waals surface area contributed by atoms with E-state index in [0.29, 0.717) is 6.04 Å². The Morgan fingerprint density at radius 3 is 2.89 bits per heavy atom. The summed E-state index contributed by atoms with van der Waals surface area (Å²) in [6.45, 7) is 0.749. The summed E-state index contributed by atoms with van der Waals surface area (Å²) in [5.74, 6) is 0.982. The molecular weight excluding hydrogens is 373 g/mol. The monoisotopic (exact) mass is 385 g/mol. The summed E-state index contributed by atoms with van der Waals surface area (Å²) in [6, 6.07) is 14.4. The second kappa shape index (κ2) is 5.59. The second-order valence-corrected chi connectivity index (χ2v) is 6.09. The van der Waals surface area contributed by atoms with E-state index in [1.54, 1.807) is 0 Å². The minimum Gasteiger partial charge on any atom is -0.493 e. The van der Waals surface area contributed by atoms with Crippen molar-refractivity contribution in [3.05, 3.63) is 56.6 Å². The predicted octanol–water partition coefficient (Wildman–Crippen LogP) is 4.88. The number of ether oxygens (including phenoxy) is 1. The molecule has 2 aromatic rings. The van der Waals surface area contributed by atoms with Gasteiger partial charge in [-0.15, -0.1) is 0 Å². The lowest BCUT2D eigenvalue weighted by atomic mass is 10.0. The molecule has 19 heavy (non-hydrogen) atoms. The Hall–Kier alpha value is -0.940. The van der Waals surface area contributed by atoms with E-state index in [2.05, 4.69) is 40.0 Å². The van der Waals surface area contributed by atoms with Crippen molar-refractivity contribution in [2.24, 2.45) is 0 Å². The standard InChI is InChI=1S/C15H13ClINO/c16-10-5-6-14(12(17)9-10)18-13-7-8-19-15-4-2-1-3-11(13)15/h1-6,9,13,18H,7-8H2. The van der Waals surface area contributed by atoms with E-state index in [1.165, 1.54) is 5.56 Å². The van der Waals surface area contributed by atoms with Gasteiger partial charge in [0.2, 0.25) is 0 Å². The Morgan fingerprint density at radius 1 is 1.21 bits per heavy atom. The Labute approximate surface area is 131 Å². The predicted molar refractivity (Wildman–Crippen MR) is 87.1 cm³/mol. The summed E-state index contributed by atoms with van der Waals surface area (Å²) >= 11 is 8.29. The number of hydrogen-bond acceptors (Lipinski definition) is 2. The average Bonchev–Trinajstić information content (AvgIpc) is 2.42. The first-order valence-electron chi connectivity index (χ1n) is 6.17. The molecule has 1 N–H and O–H groups in total. The van der Waals surface area contributed by atoms with Gasteiger partial charge in [-0.25, -0.2) is 0 Å². The maximum atomic E-state index is 5.99. The van der Waals surface area contributed by atoms with Gasteiger partial charge in [0.05, 0.1) is 12.6 Å². The van der Waals surface area contributed by atoms with Crippen LogP contribution in [0.4, 0.5) is 5.69 Å². The van der Waals surface area contributed by atoms with E-state index >= 15 is 0 Å². The van der Waals surface area contributed by atoms with E-state index in [4.69, 9.17) is 16.3 Å². The zero-order chi connectivity index (χ0) is 13.2. The van der Waals surface area contributed by atoms with E-state index < -0.39 is 0 Å². The highest BCUT2D eigenvalue weighted by molar-refractivity contribution is 14.1. The maximum absolute atomic E-state index is 5.99. The van der Waals surface area contributed by atoms with Gasteiger partial charge < -0.3 is 10.1 Å². The van der Waals surface area contributed by atoms with Crippen LogP contribution >= 0.6 is 34.2 Å². The molecule has 0 saturated carbocycles. The van der Waals surface area contributed by atoms with Crippen molar-refractivity contribution in [3.63, 3.8) is 0 Å². The molecule has 2 nitrogen and oxygen atoms in total.